The van der Waals surface area contributed by atoms with Crippen LogP contribution in [0.25, 0.3) is 0 Å². The van der Waals surface area contributed by atoms with E-state index in [0.29, 0.717) is 0 Å². The quantitative estimate of drug-likeness (QED) is 0.0852. The standard InChI is InChI=1S/C32H12BF24.C17H20N/c34-25(35,36)13-1-14(26(37,38)39)6-21(5-13)33(22-7-15(27(40,41)42)2-16(8-22)28(43,44)45,23-9-17(29(46,47)48)3-18(10-23)30(49,50)51)24-11-19(31(52,53)54)4-20(12-24)32(55,56)57;1-2-6-15(7-3-1)14-18-12-10-17(11-13-18)16-8-4-5-9-16/h1-12H;1-3,6-7,10-13,16H,4-5,8-9,14H2/q-1;+1. The summed E-state index contributed by atoms with van der Waals surface area (Å²) in [5, 5.41) is 0. The first-order chi connectivity index (χ1) is 34.2. The summed E-state index contributed by atoms with van der Waals surface area (Å²) in [6.45, 7) is 0.964. The normalized spacial score (nSPS) is 14.7. The van der Waals surface area contributed by atoms with E-state index < -0.39 is 195 Å². The largest absolute Gasteiger partial charge is 0.416 e. The number of hydrogen-bond acceptors (Lipinski definition) is 0. The molecule has 1 aliphatic rings. The molecular formula is C49H32BF24N. The molecule has 0 bridgehead atoms. The highest BCUT2D eigenvalue weighted by molar-refractivity contribution is 7.20. The summed E-state index contributed by atoms with van der Waals surface area (Å²) in [5.41, 5.74) is -27.3. The van der Waals surface area contributed by atoms with Gasteiger partial charge in [-0.15, -0.1) is 0 Å². The highest BCUT2D eigenvalue weighted by Crippen LogP contribution is 2.42. The Kier molecular flexibility index (Phi) is 15.7. The lowest BCUT2D eigenvalue weighted by Gasteiger charge is -2.46. The van der Waals surface area contributed by atoms with Crippen LogP contribution in [0.4, 0.5) is 105 Å². The zero-order valence-electron chi connectivity index (χ0n) is 37.3. The van der Waals surface area contributed by atoms with E-state index in [1.165, 1.54) is 36.8 Å². The Morgan fingerprint density at radius 2 is 0.573 bits per heavy atom. The molecule has 0 N–H and O–H groups in total. The molecule has 0 aliphatic heterocycles. The summed E-state index contributed by atoms with van der Waals surface area (Å²) in [7, 11) is 0. The van der Waals surface area contributed by atoms with Crippen LogP contribution in [0.1, 0.15) is 87.2 Å². The summed E-state index contributed by atoms with van der Waals surface area (Å²) in [4.78, 5) is 0. The van der Waals surface area contributed by atoms with Crippen molar-refractivity contribution in [3.63, 3.8) is 0 Å². The molecule has 1 heterocycles. The third-order valence-corrected chi connectivity index (χ3v) is 12.4. The number of nitrogens with zero attached hydrogens (tertiary/aromatic N) is 1. The van der Waals surface area contributed by atoms with Crippen molar-refractivity contribution < 1.29 is 110 Å². The molecule has 1 nitrogen and oxygen atoms in total. The van der Waals surface area contributed by atoms with Crippen LogP contribution in [0.15, 0.2) is 128 Å². The van der Waals surface area contributed by atoms with Crippen LogP contribution in [0.2, 0.25) is 0 Å². The number of aromatic nitrogens is 1. The molecule has 404 valence electrons. The molecule has 0 spiro atoms. The van der Waals surface area contributed by atoms with E-state index in [1.54, 1.807) is 0 Å². The first-order valence-corrected chi connectivity index (χ1v) is 21.6. The average molecular weight is 1100 g/mol. The molecular weight excluding hydrogens is 1070 g/mol. The first kappa shape index (κ1) is 57.9. The molecule has 1 aromatic heterocycles. The minimum absolute atomic E-state index is 0.691. The molecule has 26 heteroatoms. The lowest BCUT2D eigenvalue weighted by atomic mass is 9.12. The maximum Gasteiger partial charge on any atom is 0.416 e. The van der Waals surface area contributed by atoms with Crippen LogP contribution in [0, 0.1) is 0 Å². The van der Waals surface area contributed by atoms with Gasteiger partial charge in [0.25, 0.3) is 0 Å². The maximum absolute atomic E-state index is 14.2. The zero-order chi connectivity index (χ0) is 56.1. The van der Waals surface area contributed by atoms with Crippen LogP contribution >= 0.6 is 0 Å². The molecule has 0 amide bonds. The fraction of sp³-hybridized carbons (Fsp3) is 0.286. The molecule has 0 atom stereocenters. The Morgan fingerprint density at radius 1 is 0.333 bits per heavy atom. The number of halogens is 24. The van der Waals surface area contributed by atoms with E-state index in [9.17, 15) is 105 Å². The van der Waals surface area contributed by atoms with E-state index in [2.05, 4.69) is 59.4 Å². The Bertz CT molecular complexity index is 2510. The lowest BCUT2D eigenvalue weighted by molar-refractivity contribution is -0.688. The predicted octanol–water partition coefficient (Wildman–Crippen LogP) is 14.9. The fourth-order valence-corrected chi connectivity index (χ4v) is 8.97. The van der Waals surface area contributed by atoms with Crippen LogP contribution in [-0.4, -0.2) is 6.15 Å². The van der Waals surface area contributed by atoms with Gasteiger partial charge in [-0.25, -0.2) is 4.57 Å². The van der Waals surface area contributed by atoms with Gasteiger partial charge < -0.3 is 0 Å². The third kappa shape index (κ3) is 13.6. The number of hydrogen-bond donors (Lipinski definition) is 0. The average Bonchev–Trinajstić information content (AvgIpc) is 3.83. The molecule has 0 unspecified atom stereocenters. The van der Waals surface area contributed by atoms with Crippen molar-refractivity contribution in [1.29, 1.82) is 0 Å². The minimum atomic E-state index is -6.13. The molecule has 0 radical (unpaired) electrons. The van der Waals surface area contributed by atoms with Gasteiger partial charge in [-0.1, -0.05) is 91.7 Å². The zero-order valence-corrected chi connectivity index (χ0v) is 37.3. The van der Waals surface area contributed by atoms with Crippen LogP contribution in [-0.2, 0) is 56.0 Å². The maximum atomic E-state index is 14.2. The number of rotatable bonds is 7. The first-order valence-electron chi connectivity index (χ1n) is 21.6. The molecule has 1 aliphatic carbocycles. The Morgan fingerprint density at radius 3 is 0.800 bits per heavy atom. The lowest BCUT2D eigenvalue weighted by Crippen LogP contribution is -2.75. The van der Waals surface area contributed by atoms with E-state index in [4.69, 9.17) is 0 Å². The number of alkyl halides is 24. The van der Waals surface area contributed by atoms with Gasteiger partial charge in [0, 0.05) is 17.7 Å². The molecule has 75 heavy (non-hydrogen) atoms. The molecule has 0 saturated heterocycles. The highest BCUT2D eigenvalue weighted by atomic mass is 19.4. The van der Waals surface area contributed by atoms with Gasteiger partial charge >= 0.3 is 49.4 Å². The topological polar surface area (TPSA) is 3.88 Å². The van der Waals surface area contributed by atoms with Gasteiger partial charge in [0.2, 0.25) is 0 Å². The fourth-order valence-electron chi connectivity index (χ4n) is 8.97. The Hall–Kier alpha value is -6.37. The summed E-state index contributed by atoms with van der Waals surface area (Å²) >= 11 is 0. The summed E-state index contributed by atoms with van der Waals surface area (Å²) in [6.07, 6.45) is -44.8. The van der Waals surface area contributed by atoms with Crippen molar-refractivity contribution in [3.05, 3.63) is 183 Å². The smallest absolute Gasteiger partial charge is 0.201 e. The van der Waals surface area contributed by atoms with E-state index in [1.807, 2.05) is 0 Å². The summed E-state index contributed by atoms with van der Waals surface area (Å²) in [6, 6.07) is 6.42. The van der Waals surface area contributed by atoms with Crippen molar-refractivity contribution in [1.82, 2.24) is 0 Å². The second-order valence-electron chi connectivity index (χ2n) is 17.5. The number of pyridine rings is 1. The highest BCUT2D eigenvalue weighted by Gasteiger charge is 2.47. The number of benzene rings is 5. The monoisotopic (exact) mass is 1100 g/mol. The summed E-state index contributed by atoms with van der Waals surface area (Å²) < 4.78 is 343. The second-order valence-corrected chi connectivity index (χ2v) is 17.5. The van der Waals surface area contributed by atoms with Crippen LogP contribution < -0.4 is 26.4 Å². The molecule has 5 aromatic carbocycles. The minimum Gasteiger partial charge on any atom is -0.201 e. The van der Waals surface area contributed by atoms with E-state index in [-0.39, 0.29) is 0 Å². The van der Waals surface area contributed by atoms with Gasteiger partial charge in [0.15, 0.2) is 18.9 Å². The van der Waals surface area contributed by atoms with Gasteiger partial charge in [0.05, 0.1) is 44.5 Å². The van der Waals surface area contributed by atoms with Crippen LogP contribution in [0.3, 0.4) is 0 Å². The van der Waals surface area contributed by atoms with E-state index >= 15 is 0 Å². The molecule has 1 saturated carbocycles. The SMILES string of the molecule is FC(F)(F)c1cc([B-](c2cc(C(F)(F)F)cc(C(F)(F)F)c2)(c2cc(C(F)(F)F)cc(C(F)(F)F)c2)c2cc(C(F)(F)F)cc(C(F)(F)F)c2)cc(C(F)(F)F)c1.c1ccc(C[n+]2ccc(C3CCCC3)cc2)cc1. The molecule has 1 fully saturated rings. The van der Waals surface area contributed by atoms with Crippen molar-refractivity contribution in [2.24, 2.45) is 0 Å². The van der Waals surface area contributed by atoms with Gasteiger partial charge in [-0.2, -0.15) is 127 Å². The van der Waals surface area contributed by atoms with Crippen molar-refractivity contribution in [3.8, 4) is 0 Å². The van der Waals surface area contributed by atoms with Crippen LogP contribution in [0.5, 0.6) is 0 Å². The van der Waals surface area contributed by atoms with Crippen molar-refractivity contribution in [2.45, 2.75) is 87.6 Å². The van der Waals surface area contributed by atoms with Gasteiger partial charge in [-0.3, -0.25) is 0 Å². The van der Waals surface area contributed by atoms with Gasteiger partial charge in [0.1, 0.15) is 6.15 Å². The predicted molar refractivity (Wildman–Crippen MR) is 223 cm³/mol. The molecule has 6 aromatic rings. The second kappa shape index (κ2) is 20.3. The van der Waals surface area contributed by atoms with Gasteiger partial charge in [-0.05, 0) is 48.6 Å². The van der Waals surface area contributed by atoms with E-state index in [0.717, 1.165) is 12.5 Å². The molecule has 7 rings (SSSR count). The van der Waals surface area contributed by atoms with Crippen molar-refractivity contribution in [2.75, 3.05) is 0 Å². The third-order valence-electron chi connectivity index (χ3n) is 12.4. The van der Waals surface area contributed by atoms with Crippen molar-refractivity contribution >= 4 is 28.0 Å². The Labute approximate surface area is 408 Å². The Balaban J connectivity index is 0.000000421. The summed E-state index contributed by atoms with van der Waals surface area (Å²) in [5.74, 6) is 0.816.